The number of rotatable bonds is 3. The van der Waals surface area contributed by atoms with Crippen LogP contribution in [-0.4, -0.2) is 36.7 Å². The number of quaternary nitrogens is 1. The van der Waals surface area contributed by atoms with Gasteiger partial charge in [0.25, 0.3) is 0 Å². The van der Waals surface area contributed by atoms with Gasteiger partial charge >= 0.3 is 5.97 Å². The first kappa shape index (κ1) is 12.1. The summed E-state index contributed by atoms with van der Waals surface area (Å²) in [5.74, 6) is -0.0776. The summed E-state index contributed by atoms with van der Waals surface area (Å²) in [4.78, 5) is 12.1. The average Bonchev–Trinajstić information content (AvgIpc) is 2.39. The molecule has 0 saturated carbocycles. The topological polar surface area (TPSA) is 26.3 Å². The highest BCUT2D eigenvalue weighted by molar-refractivity contribution is 5.76. The number of cyclic esters (lactones) is 1. The SMILES string of the molecule is CC[N+]1(CC)CCOC(=O)C1c1ccccc1. The number of esters is 1. The summed E-state index contributed by atoms with van der Waals surface area (Å²) in [5, 5.41) is 0. The van der Waals surface area contributed by atoms with Crippen LogP contribution in [0.15, 0.2) is 30.3 Å². The van der Waals surface area contributed by atoms with Crippen molar-refractivity contribution in [2.24, 2.45) is 0 Å². The number of carbonyl (C=O) groups excluding carboxylic acids is 1. The van der Waals surface area contributed by atoms with Gasteiger partial charge in [-0.2, -0.15) is 0 Å². The van der Waals surface area contributed by atoms with Crippen LogP contribution in [0.1, 0.15) is 25.5 Å². The summed E-state index contributed by atoms with van der Waals surface area (Å²) < 4.78 is 6.06. The van der Waals surface area contributed by atoms with Gasteiger partial charge in [0.05, 0.1) is 13.1 Å². The number of likely N-dealkylation sites (N-methyl/N-ethyl adjacent to an activating group) is 1. The van der Waals surface area contributed by atoms with Gasteiger partial charge in [-0.15, -0.1) is 0 Å². The molecule has 0 amide bonds. The predicted molar refractivity (Wildman–Crippen MR) is 66.4 cm³/mol. The van der Waals surface area contributed by atoms with Crippen molar-refractivity contribution in [1.82, 2.24) is 0 Å². The Balaban J connectivity index is 2.41. The lowest BCUT2D eigenvalue weighted by Gasteiger charge is -2.44. The number of ether oxygens (including phenoxy) is 1. The zero-order chi connectivity index (χ0) is 12.3. The molecular formula is C14H20NO2+. The van der Waals surface area contributed by atoms with E-state index in [1.54, 1.807) is 0 Å². The molecule has 2 rings (SSSR count). The van der Waals surface area contributed by atoms with E-state index in [0.29, 0.717) is 6.61 Å². The number of benzene rings is 1. The summed E-state index contributed by atoms with van der Waals surface area (Å²) in [5.41, 5.74) is 1.07. The van der Waals surface area contributed by atoms with Crippen LogP contribution in [0.5, 0.6) is 0 Å². The lowest BCUT2D eigenvalue weighted by molar-refractivity contribution is -0.950. The van der Waals surface area contributed by atoms with E-state index >= 15 is 0 Å². The van der Waals surface area contributed by atoms with Crippen LogP contribution in [0.25, 0.3) is 0 Å². The Hall–Kier alpha value is -1.35. The van der Waals surface area contributed by atoms with Crippen molar-refractivity contribution in [2.45, 2.75) is 19.9 Å². The molecule has 0 N–H and O–H groups in total. The summed E-state index contributed by atoms with van der Waals surface area (Å²) >= 11 is 0. The molecule has 0 aliphatic carbocycles. The van der Waals surface area contributed by atoms with Gasteiger partial charge in [0.2, 0.25) is 6.04 Å². The number of hydrogen-bond acceptors (Lipinski definition) is 2. The lowest BCUT2D eigenvalue weighted by atomic mass is 10.0. The van der Waals surface area contributed by atoms with E-state index in [1.807, 2.05) is 30.3 Å². The molecule has 1 aromatic rings. The van der Waals surface area contributed by atoms with Crippen molar-refractivity contribution in [3.63, 3.8) is 0 Å². The minimum Gasteiger partial charge on any atom is -0.455 e. The molecule has 0 spiro atoms. The Labute approximate surface area is 103 Å². The summed E-state index contributed by atoms with van der Waals surface area (Å²) in [7, 11) is 0. The first-order valence-corrected chi connectivity index (χ1v) is 6.31. The van der Waals surface area contributed by atoms with Gasteiger partial charge in [0.1, 0.15) is 13.2 Å². The van der Waals surface area contributed by atoms with Gasteiger partial charge < -0.3 is 9.22 Å². The summed E-state index contributed by atoms with van der Waals surface area (Å²) in [6.07, 6.45) is 0. The molecule has 0 aromatic heterocycles. The maximum absolute atomic E-state index is 12.1. The fourth-order valence-electron chi connectivity index (χ4n) is 2.75. The molecule has 1 unspecified atom stereocenters. The maximum atomic E-state index is 12.1. The third kappa shape index (κ3) is 2.07. The van der Waals surface area contributed by atoms with Gasteiger partial charge in [0, 0.05) is 5.56 Å². The standard InChI is InChI=1S/C14H20NO2/c1-3-15(4-2)10-11-17-14(16)13(15)12-8-6-5-7-9-12/h5-9,13H,3-4,10-11H2,1-2H3/q+1. The second-order valence-corrected chi connectivity index (χ2v) is 4.56. The monoisotopic (exact) mass is 234 g/mol. The lowest BCUT2D eigenvalue weighted by Crippen LogP contribution is -2.58. The van der Waals surface area contributed by atoms with Gasteiger partial charge in [0.15, 0.2) is 0 Å². The largest absolute Gasteiger partial charge is 0.455 e. The van der Waals surface area contributed by atoms with Crippen molar-refractivity contribution in [2.75, 3.05) is 26.2 Å². The Morgan fingerprint density at radius 3 is 2.47 bits per heavy atom. The van der Waals surface area contributed by atoms with E-state index in [0.717, 1.165) is 29.7 Å². The van der Waals surface area contributed by atoms with Crippen molar-refractivity contribution in [1.29, 1.82) is 0 Å². The van der Waals surface area contributed by atoms with Gasteiger partial charge in [-0.3, -0.25) is 0 Å². The normalized spacial score (nSPS) is 23.2. The third-order valence-corrected chi connectivity index (χ3v) is 3.93. The van der Waals surface area contributed by atoms with Gasteiger partial charge in [-0.05, 0) is 13.8 Å². The number of hydrogen-bond donors (Lipinski definition) is 0. The van der Waals surface area contributed by atoms with E-state index in [-0.39, 0.29) is 12.0 Å². The molecule has 1 atom stereocenters. The minimum absolute atomic E-state index is 0.0776. The van der Waals surface area contributed by atoms with E-state index < -0.39 is 0 Å². The van der Waals surface area contributed by atoms with Crippen molar-refractivity contribution < 1.29 is 14.0 Å². The molecule has 0 radical (unpaired) electrons. The molecular weight excluding hydrogens is 214 g/mol. The number of carbonyl (C=O) groups is 1. The van der Waals surface area contributed by atoms with Crippen molar-refractivity contribution in [3.8, 4) is 0 Å². The van der Waals surface area contributed by atoms with Crippen LogP contribution in [0.3, 0.4) is 0 Å². The Kier molecular flexibility index (Phi) is 3.48. The summed E-state index contributed by atoms with van der Waals surface area (Å²) in [6, 6.07) is 9.84. The third-order valence-electron chi connectivity index (χ3n) is 3.93. The molecule has 3 heteroatoms. The molecule has 0 bridgehead atoms. The zero-order valence-electron chi connectivity index (χ0n) is 10.6. The van der Waals surface area contributed by atoms with E-state index in [2.05, 4.69) is 13.8 Å². The van der Waals surface area contributed by atoms with Crippen LogP contribution < -0.4 is 0 Å². The molecule has 1 heterocycles. The Bertz CT molecular complexity index is 384. The molecule has 92 valence electrons. The molecule has 1 aliphatic heterocycles. The molecule has 1 aromatic carbocycles. The molecule has 1 fully saturated rings. The molecule has 1 saturated heterocycles. The first-order valence-electron chi connectivity index (χ1n) is 6.31. The van der Waals surface area contributed by atoms with E-state index in [4.69, 9.17) is 4.74 Å². The second-order valence-electron chi connectivity index (χ2n) is 4.56. The smallest absolute Gasteiger partial charge is 0.370 e. The van der Waals surface area contributed by atoms with Gasteiger partial charge in [-0.1, -0.05) is 30.3 Å². The Morgan fingerprint density at radius 2 is 1.88 bits per heavy atom. The van der Waals surface area contributed by atoms with Crippen molar-refractivity contribution >= 4 is 5.97 Å². The zero-order valence-corrected chi connectivity index (χ0v) is 10.6. The molecule has 17 heavy (non-hydrogen) atoms. The Morgan fingerprint density at radius 1 is 1.24 bits per heavy atom. The van der Waals surface area contributed by atoms with Gasteiger partial charge in [-0.25, -0.2) is 4.79 Å². The van der Waals surface area contributed by atoms with Crippen LogP contribution >= 0.6 is 0 Å². The second kappa shape index (κ2) is 4.88. The highest BCUT2D eigenvalue weighted by Crippen LogP contribution is 2.32. The average molecular weight is 234 g/mol. The first-order chi connectivity index (χ1) is 8.23. The van der Waals surface area contributed by atoms with Crippen LogP contribution in [0, 0.1) is 0 Å². The molecule has 3 nitrogen and oxygen atoms in total. The van der Waals surface area contributed by atoms with Crippen LogP contribution in [0.2, 0.25) is 0 Å². The predicted octanol–water partition coefficient (Wildman–Crippen LogP) is 2.14. The highest BCUT2D eigenvalue weighted by Gasteiger charge is 2.45. The highest BCUT2D eigenvalue weighted by atomic mass is 16.5. The van der Waals surface area contributed by atoms with E-state index in [1.165, 1.54) is 0 Å². The fraction of sp³-hybridized carbons (Fsp3) is 0.500. The molecule has 1 aliphatic rings. The van der Waals surface area contributed by atoms with Crippen molar-refractivity contribution in [3.05, 3.63) is 35.9 Å². The van der Waals surface area contributed by atoms with Crippen LogP contribution in [0.4, 0.5) is 0 Å². The quantitative estimate of drug-likeness (QED) is 0.591. The number of morpholine rings is 1. The van der Waals surface area contributed by atoms with E-state index in [9.17, 15) is 4.79 Å². The summed E-state index contributed by atoms with van der Waals surface area (Å²) in [6.45, 7) is 7.69. The fourth-order valence-corrected chi connectivity index (χ4v) is 2.75. The minimum atomic E-state index is -0.153. The number of nitrogens with zero attached hydrogens (tertiary/aromatic N) is 1. The maximum Gasteiger partial charge on any atom is 0.370 e. The van der Waals surface area contributed by atoms with Crippen LogP contribution in [-0.2, 0) is 9.53 Å².